The van der Waals surface area contributed by atoms with Crippen molar-refractivity contribution in [1.29, 1.82) is 0 Å². The lowest BCUT2D eigenvalue weighted by molar-refractivity contribution is 0.327. The highest BCUT2D eigenvalue weighted by Gasteiger charge is 2.21. The summed E-state index contributed by atoms with van der Waals surface area (Å²) >= 11 is 0. The van der Waals surface area contributed by atoms with Crippen molar-refractivity contribution in [3.63, 3.8) is 0 Å². The standard InChI is InChI=1S/C16H26N2O2/c1-4-11-6-5-7-12(8-11)18-14-10-16(20-3)15(19-2)9-13(14)17/h9-12,18H,4-8,17H2,1-3H3. The minimum Gasteiger partial charge on any atom is -0.493 e. The van der Waals surface area contributed by atoms with E-state index in [0.717, 1.165) is 11.6 Å². The van der Waals surface area contributed by atoms with Crippen molar-refractivity contribution in [3.05, 3.63) is 12.1 Å². The Bertz CT molecular complexity index is 448. The molecule has 1 saturated carbocycles. The Morgan fingerprint density at radius 1 is 1.20 bits per heavy atom. The molecule has 20 heavy (non-hydrogen) atoms. The van der Waals surface area contributed by atoms with Crippen LogP contribution in [0.1, 0.15) is 39.0 Å². The lowest BCUT2D eigenvalue weighted by atomic mass is 9.84. The highest BCUT2D eigenvalue weighted by molar-refractivity contribution is 5.72. The van der Waals surface area contributed by atoms with Gasteiger partial charge in [0.25, 0.3) is 0 Å². The molecule has 1 aliphatic rings. The average molecular weight is 278 g/mol. The molecule has 1 fully saturated rings. The molecule has 0 radical (unpaired) electrons. The van der Waals surface area contributed by atoms with Crippen LogP contribution in [0.15, 0.2) is 12.1 Å². The van der Waals surface area contributed by atoms with Crippen LogP contribution in [0.5, 0.6) is 11.5 Å². The van der Waals surface area contributed by atoms with Gasteiger partial charge in [0.2, 0.25) is 0 Å². The molecule has 112 valence electrons. The lowest BCUT2D eigenvalue weighted by Gasteiger charge is -2.30. The molecule has 0 heterocycles. The molecule has 2 atom stereocenters. The summed E-state index contributed by atoms with van der Waals surface area (Å²) in [6.07, 6.45) is 6.35. The maximum Gasteiger partial charge on any atom is 0.162 e. The number of hydrogen-bond acceptors (Lipinski definition) is 4. The van der Waals surface area contributed by atoms with E-state index in [2.05, 4.69) is 12.2 Å². The van der Waals surface area contributed by atoms with Gasteiger partial charge < -0.3 is 20.5 Å². The fourth-order valence-electron chi connectivity index (χ4n) is 3.03. The number of nitrogens with one attached hydrogen (secondary N) is 1. The maximum absolute atomic E-state index is 6.11. The number of methoxy groups -OCH3 is 2. The molecule has 0 amide bonds. The normalized spacial score (nSPS) is 22.4. The van der Waals surface area contributed by atoms with E-state index < -0.39 is 0 Å². The van der Waals surface area contributed by atoms with Crippen LogP contribution < -0.4 is 20.5 Å². The van der Waals surface area contributed by atoms with Crippen molar-refractivity contribution in [2.75, 3.05) is 25.3 Å². The second-order valence-electron chi connectivity index (χ2n) is 5.58. The van der Waals surface area contributed by atoms with Gasteiger partial charge in [-0.15, -0.1) is 0 Å². The van der Waals surface area contributed by atoms with Gasteiger partial charge in [-0.3, -0.25) is 0 Å². The van der Waals surface area contributed by atoms with Crippen molar-refractivity contribution in [1.82, 2.24) is 0 Å². The average Bonchev–Trinajstić information content (AvgIpc) is 2.49. The number of ether oxygens (including phenoxy) is 2. The maximum atomic E-state index is 6.11. The van der Waals surface area contributed by atoms with E-state index in [9.17, 15) is 0 Å². The van der Waals surface area contributed by atoms with E-state index in [1.807, 2.05) is 12.1 Å². The number of nitrogens with two attached hydrogens (primary N) is 1. The molecule has 1 aromatic rings. The van der Waals surface area contributed by atoms with Crippen LogP contribution in [0.4, 0.5) is 11.4 Å². The zero-order valence-corrected chi connectivity index (χ0v) is 12.7. The number of rotatable bonds is 5. The Labute approximate surface area is 121 Å². The molecule has 0 spiro atoms. The first-order valence-electron chi connectivity index (χ1n) is 7.46. The molecule has 0 bridgehead atoms. The van der Waals surface area contributed by atoms with Crippen molar-refractivity contribution >= 4 is 11.4 Å². The zero-order valence-electron chi connectivity index (χ0n) is 12.7. The largest absolute Gasteiger partial charge is 0.493 e. The lowest BCUT2D eigenvalue weighted by Crippen LogP contribution is -2.27. The van der Waals surface area contributed by atoms with Gasteiger partial charge in [-0.2, -0.15) is 0 Å². The van der Waals surface area contributed by atoms with Crippen LogP contribution in [0.2, 0.25) is 0 Å². The summed E-state index contributed by atoms with van der Waals surface area (Å²) in [5.41, 5.74) is 7.76. The summed E-state index contributed by atoms with van der Waals surface area (Å²) in [5, 5.41) is 3.58. The quantitative estimate of drug-likeness (QED) is 0.807. The predicted molar refractivity (Wildman–Crippen MR) is 83.6 cm³/mol. The third kappa shape index (κ3) is 3.30. The number of anilines is 2. The van der Waals surface area contributed by atoms with Gasteiger partial charge in [-0.25, -0.2) is 0 Å². The Morgan fingerprint density at radius 2 is 1.90 bits per heavy atom. The predicted octanol–water partition coefficient (Wildman–Crippen LogP) is 3.67. The fraction of sp³-hybridized carbons (Fsp3) is 0.625. The molecule has 2 rings (SSSR count). The summed E-state index contributed by atoms with van der Waals surface area (Å²) < 4.78 is 10.6. The van der Waals surface area contributed by atoms with Gasteiger partial charge in [-0.05, 0) is 18.8 Å². The molecule has 1 aromatic carbocycles. The summed E-state index contributed by atoms with van der Waals surface area (Å²) in [5.74, 6) is 2.22. The van der Waals surface area contributed by atoms with Crippen molar-refractivity contribution in [3.8, 4) is 11.5 Å². The topological polar surface area (TPSA) is 56.5 Å². The van der Waals surface area contributed by atoms with Crippen LogP contribution in [-0.2, 0) is 0 Å². The third-order valence-electron chi connectivity index (χ3n) is 4.28. The van der Waals surface area contributed by atoms with Gasteiger partial charge in [0, 0.05) is 18.2 Å². The molecular formula is C16H26N2O2. The second kappa shape index (κ2) is 6.73. The number of benzene rings is 1. The Balaban J connectivity index is 2.12. The van der Waals surface area contributed by atoms with E-state index in [1.165, 1.54) is 32.1 Å². The van der Waals surface area contributed by atoms with Crippen LogP contribution in [-0.4, -0.2) is 20.3 Å². The Hall–Kier alpha value is -1.58. The smallest absolute Gasteiger partial charge is 0.162 e. The first-order chi connectivity index (χ1) is 9.67. The molecule has 0 aromatic heterocycles. The molecule has 4 heteroatoms. The molecule has 2 unspecified atom stereocenters. The summed E-state index contributed by atoms with van der Waals surface area (Å²) in [7, 11) is 3.27. The van der Waals surface area contributed by atoms with Gasteiger partial charge in [0.1, 0.15) is 0 Å². The first-order valence-corrected chi connectivity index (χ1v) is 7.46. The molecule has 0 aliphatic heterocycles. The SMILES string of the molecule is CCC1CCCC(Nc2cc(OC)c(OC)cc2N)C1. The molecule has 3 N–H and O–H groups in total. The number of nitrogen functional groups attached to an aromatic ring is 1. The Kier molecular flexibility index (Phi) is 4.99. The second-order valence-corrected chi connectivity index (χ2v) is 5.58. The van der Waals surface area contributed by atoms with Crippen molar-refractivity contribution in [2.24, 2.45) is 5.92 Å². The van der Waals surface area contributed by atoms with Gasteiger partial charge in [0.15, 0.2) is 11.5 Å². The highest BCUT2D eigenvalue weighted by atomic mass is 16.5. The van der Waals surface area contributed by atoms with Gasteiger partial charge in [-0.1, -0.05) is 26.2 Å². The van der Waals surface area contributed by atoms with E-state index in [1.54, 1.807) is 14.2 Å². The third-order valence-corrected chi connectivity index (χ3v) is 4.28. The van der Waals surface area contributed by atoms with Gasteiger partial charge >= 0.3 is 0 Å². The van der Waals surface area contributed by atoms with Crippen LogP contribution >= 0.6 is 0 Å². The fourth-order valence-corrected chi connectivity index (χ4v) is 3.03. The van der Waals surface area contributed by atoms with E-state index in [0.29, 0.717) is 23.2 Å². The summed E-state index contributed by atoms with van der Waals surface area (Å²) in [6, 6.07) is 4.26. The molecule has 0 saturated heterocycles. The highest BCUT2D eigenvalue weighted by Crippen LogP contribution is 2.36. The molecular weight excluding hydrogens is 252 g/mol. The van der Waals surface area contributed by atoms with Gasteiger partial charge in [0.05, 0.1) is 25.6 Å². The van der Waals surface area contributed by atoms with Crippen LogP contribution in [0.25, 0.3) is 0 Å². The van der Waals surface area contributed by atoms with Crippen LogP contribution in [0.3, 0.4) is 0 Å². The molecule has 4 nitrogen and oxygen atoms in total. The number of hydrogen-bond donors (Lipinski definition) is 2. The summed E-state index contributed by atoms with van der Waals surface area (Å²) in [4.78, 5) is 0. The first kappa shape index (κ1) is 14.8. The summed E-state index contributed by atoms with van der Waals surface area (Å²) in [6.45, 7) is 2.28. The minimum atomic E-state index is 0.508. The van der Waals surface area contributed by atoms with E-state index in [-0.39, 0.29) is 0 Å². The zero-order chi connectivity index (χ0) is 14.5. The van der Waals surface area contributed by atoms with Crippen molar-refractivity contribution in [2.45, 2.75) is 45.1 Å². The Morgan fingerprint density at radius 3 is 2.55 bits per heavy atom. The van der Waals surface area contributed by atoms with E-state index >= 15 is 0 Å². The monoisotopic (exact) mass is 278 g/mol. The van der Waals surface area contributed by atoms with Crippen LogP contribution in [0, 0.1) is 5.92 Å². The van der Waals surface area contributed by atoms with E-state index in [4.69, 9.17) is 15.2 Å². The minimum absolute atomic E-state index is 0.508. The molecule has 1 aliphatic carbocycles. The van der Waals surface area contributed by atoms with Crippen molar-refractivity contribution < 1.29 is 9.47 Å².